The lowest BCUT2D eigenvalue weighted by Gasteiger charge is -2.11. The van der Waals surface area contributed by atoms with Gasteiger partial charge in [0.15, 0.2) is 5.65 Å². The summed E-state index contributed by atoms with van der Waals surface area (Å²) in [5.41, 5.74) is 4.81. The Morgan fingerprint density at radius 2 is 1.39 bits per heavy atom. The fraction of sp³-hybridized carbons (Fsp3) is 0. The van der Waals surface area contributed by atoms with Crippen LogP contribution in [0.4, 0.5) is 0 Å². The van der Waals surface area contributed by atoms with Crippen LogP contribution in [-0.4, -0.2) is 9.97 Å². The van der Waals surface area contributed by atoms with Crippen LogP contribution in [0.15, 0.2) is 79.0 Å². The highest BCUT2D eigenvalue weighted by Gasteiger charge is 2.13. The van der Waals surface area contributed by atoms with Crippen molar-refractivity contribution in [1.82, 2.24) is 9.97 Å². The quantitative estimate of drug-likeness (QED) is 0.480. The normalized spacial score (nSPS) is 10.8. The molecule has 110 valence electrons. The first-order valence-corrected chi connectivity index (χ1v) is 7.77. The Bertz CT molecular complexity index is 967. The molecule has 0 aliphatic heterocycles. The van der Waals surface area contributed by atoms with E-state index < -0.39 is 0 Å². The molecule has 0 spiro atoms. The van der Waals surface area contributed by atoms with Gasteiger partial charge in [0.05, 0.1) is 10.7 Å². The molecule has 4 rings (SSSR count). The highest BCUT2D eigenvalue weighted by atomic mass is 35.5. The summed E-state index contributed by atoms with van der Waals surface area (Å²) in [6.07, 6.45) is 1.69. The molecule has 23 heavy (non-hydrogen) atoms. The fourth-order valence-electron chi connectivity index (χ4n) is 2.69. The van der Waals surface area contributed by atoms with Crippen molar-refractivity contribution in [3.05, 3.63) is 84.0 Å². The average Bonchev–Trinajstić information content (AvgIpc) is 2.63. The zero-order valence-electron chi connectivity index (χ0n) is 12.3. The van der Waals surface area contributed by atoms with Gasteiger partial charge in [0.25, 0.3) is 0 Å². The Labute approximate surface area is 139 Å². The molecule has 0 bridgehead atoms. The minimum atomic E-state index is 0.663. The van der Waals surface area contributed by atoms with Crippen LogP contribution < -0.4 is 0 Å². The molecule has 0 saturated heterocycles. The molecule has 2 aromatic heterocycles. The Kier molecular flexibility index (Phi) is 3.52. The van der Waals surface area contributed by atoms with E-state index in [0.29, 0.717) is 10.7 Å². The first-order chi connectivity index (χ1) is 11.3. The van der Waals surface area contributed by atoms with Crippen molar-refractivity contribution in [2.24, 2.45) is 0 Å². The van der Waals surface area contributed by atoms with Crippen molar-refractivity contribution in [3.8, 4) is 22.4 Å². The summed E-state index contributed by atoms with van der Waals surface area (Å²) < 4.78 is 0. The molecule has 0 amide bonds. The molecular formula is C20H13ClN2. The van der Waals surface area contributed by atoms with Gasteiger partial charge >= 0.3 is 0 Å². The van der Waals surface area contributed by atoms with Crippen molar-refractivity contribution in [1.29, 1.82) is 0 Å². The van der Waals surface area contributed by atoms with Crippen molar-refractivity contribution in [3.63, 3.8) is 0 Å². The Morgan fingerprint density at radius 3 is 2.09 bits per heavy atom. The SMILES string of the molecule is Clc1ccnc2nc(-c3ccccc3)c(-c3ccccc3)cc12. The highest BCUT2D eigenvalue weighted by Crippen LogP contribution is 2.34. The molecule has 0 N–H and O–H groups in total. The largest absolute Gasteiger partial charge is 0.237 e. The lowest BCUT2D eigenvalue weighted by molar-refractivity contribution is 1.29. The van der Waals surface area contributed by atoms with Crippen LogP contribution in [0.25, 0.3) is 33.4 Å². The van der Waals surface area contributed by atoms with Crippen molar-refractivity contribution in [2.75, 3.05) is 0 Å². The van der Waals surface area contributed by atoms with Crippen LogP contribution in [0.1, 0.15) is 0 Å². The smallest absolute Gasteiger partial charge is 0.161 e. The summed E-state index contributed by atoms with van der Waals surface area (Å²) in [6.45, 7) is 0. The van der Waals surface area contributed by atoms with E-state index in [1.807, 2.05) is 36.4 Å². The van der Waals surface area contributed by atoms with Gasteiger partial charge in [-0.25, -0.2) is 9.97 Å². The van der Waals surface area contributed by atoms with E-state index in [1.54, 1.807) is 12.3 Å². The fourth-order valence-corrected chi connectivity index (χ4v) is 2.89. The van der Waals surface area contributed by atoms with Crippen LogP contribution in [0.2, 0.25) is 5.02 Å². The van der Waals surface area contributed by atoms with Crippen LogP contribution in [0.3, 0.4) is 0 Å². The first kappa shape index (κ1) is 13.9. The third kappa shape index (κ3) is 2.58. The van der Waals surface area contributed by atoms with Crippen molar-refractivity contribution >= 4 is 22.6 Å². The number of nitrogens with zero attached hydrogens (tertiary/aromatic N) is 2. The number of aromatic nitrogens is 2. The maximum Gasteiger partial charge on any atom is 0.161 e. The van der Waals surface area contributed by atoms with E-state index in [0.717, 1.165) is 27.8 Å². The molecule has 4 aromatic rings. The second-order valence-electron chi connectivity index (χ2n) is 5.28. The maximum absolute atomic E-state index is 6.33. The summed E-state index contributed by atoms with van der Waals surface area (Å²) in [5, 5.41) is 1.53. The van der Waals surface area contributed by atoms with E-state index >= 15 is 0 Å². The van der Waals surface area contributed by atoms with Crippen LogP contribution >= 0.6 is 11.6 Å². The Balaban J connectivity index is 2.07. The Morgan fingerprint density at radius 1 is 0.739 bits per heavy atom. The van der Waals surface area contributed by atoms with E-state index in [-0.39, 0.29) is 0 Å². The average molecular weight is 317 g/mol. The number of hydrogen-bond acceptors (Lipinski definition) is 2. The third-order valence-corrected chi connectivity index (χ3v) is 4.14. The summed E-state index contributed by atoms with van der Waals surface area (Å²) >= 11 is 6.33. The lowest BCUT2D eigenvalue weighted by atomic mass is 9.98. The predicted molar refractivity (Wildman–Crippen MR) is 95.4 cm³/mol. The second kappa shape index (κ2) is 5.82. The predicted octanol–water partition coefficient (Wildman–Crippen LogP) is 5.62. The van der Waals surface area contributed by atoms with Crippen molar-refractivity contribution < 1.29 is 0 Å². The van der Waals surface area contributed by atoms with Gasteiger partial charge in [0, 0.05) is 22.7 Å². The van der Waals surface area contributed by atoms with E-state index in [9.17, 15) is 0 Å². The molecule has 0 radical (unpaired) electrons. The highest BCUT2D eigenvalue weighted by molar-refractivity contribution is 6.35. The zero-order valence-corrected chi connectivity index (χ0v) is 13.0. The Hall–Kier alpha value is -2.71. The molecule has 2 heterocycles. The van der Waals surface area contributed by atoms with E-state index in [4.69, 9.17) is 16.6 Å². The summed E-state index contributed by atoms with van der Waals surface area (Å²) in [5.74, 6) is 0. The molecule has 2 nitrogen and oxygen atoms in total. The van der Waals surface area contributed by atoms with E-state index in [1.165, 1.54) is 0 Å². The topological polar surface area (TPSA) is 25.8 Å². The van der Waals surface area contributed by atoms with Gasteiger partial charge in [-0.05, 0) is 17.7 Å². The van der Waals surface area contributed by atoms with Crippen LogP contribution in [0, 0.1) is 0 Å². The minimum absolute atomic E-state index is 0.663. The molecule has 3 heteroatoms. The standard InChI is InChI=1S/C20H13ClN2/c21-18-11-12-22-20-17(18)13-16(14-7-3-1-4-8-14)19(23-20)15-9-5-2-6-10-15/h1-13H. The van der Waals surface area contributed by atoms with Crippen LogP contribution in [0.5, 0.6) is 0 Å². The number of fused-ring (bicyclic) bond motifs is 1. The second-order valence-corrected chi connectivity index (χ2v) is 5.69. The monoisotopic (exact) mass is 316 g/mol. The molecule has 0 aliphatic carbocycles. The lowest BCUT2D eigenvalue weighted by Crippen LogP contribution is -1.93. The minimum Gasteiger partial charge on any atom is -0.237 e. The number of hydrogen-bond donors (Lipinski definition) is 0. The van der Waals surface area contributed by atoms with Crippen LogP contribution in [-0.2, 0) is 0 Å². The van der Waals surface area contributed by atoms with Gasteiger partial charge in [0.2, 0.25) is 0 Å². The number of pyridine rings is 2. The molecule has 0 fully saturated rings. The zero-order chi connectivity index (χ0) is 15.6. The summed E-state index contributed by atoms with van der Waals surface area (Å²) in [6, 6.07) is 24.3. The molecule has 0 aliphatic rings. The van der Waals surface area contributed by atoms with Gasteiger partial charge in [-0.15, -0.1) is 0 Å². The molecule has 0 unspecified atom stereocenters. The summed E-state index contributed by atoms with van der Waals surface area (Å²) in [7, 11) is 0. The third-order valence-electron chi connectivity index (χ3n) is 3.81. The molecule has 0 saturated carbocycles. The molecule has 2 aromatic carbocycles. The first-order valence-electron chi connectivity index (χ1n) is 7.39. The molecule has 0 atom stereocenters. The maximum atomic E-state index is 6.33. The van der Waals surface area contributed by atoms with Gasteiger partial charge in [-0.3, -0.25) is 0 Å². The van der Waals surface area contributed by atoms with Crippen molar-refractivity contribution in [2.45, 2.75) is 0 Å². The van der Waals surface area contributed by atoms with Gasteiger partial charge < -0.3 is 0 Å². The van der Waals surface area contributed by atoms with Gasteiger partial charge in [0.1, 0.15) is 0 Å². The number of rotatable bonds is 2. The van der Waals surface area contributed by atoms with Gasteiger partial charge in [-0.1, -0.05) is 72.3 Å². The number of halogens is 1. The van der Waals surface area contributed by atoms with Gasteiger partial charge in [-0.2, -0.15) is 0 Å². The number of benzene rings is 2. The van der Waals surface area contributed by atoms with E-state index in [2.05, 4.69) is 35.3 Å². The molecular weight excluding hydrogens is 304 g/mol. The summed E-state index contributed by atoms with van der Waals surface area (Å²) in [4.78, 5) is 9.15.